The summed E-state index contributed by atoms with van der Waals surface area (Å²) in [5.41, 5.74) is 25.3. The highest BCUT2D eigenvalue weighted by Gasteiger charge is 2.52. The number of fused-ring (bicyclic) bond motifs is 13. The Morgan fingerprint density at radius 2 is 0.871 bits per heavy atom. The zero-order valence-corrected chi connectivity index (χ0v) is 37.6. The number of aryl methyl sites for hydroxylation is 1. The molecule has 0 saturated heterocycles. The molecule has 1 heteroatoms. The van der Waals surface area contributed by atoms with Crippen LogP contribution in [0.3, 0.4) is 0 Å². The Labute approximate surface area is 368 Å². The summed E-state index contributed by atoms with van der Waals surface area (Å²) in [5.74, 6) is 0. The molecule has 304 valence electrons. The summed E-state index contributed by atoms with van der Waals surface area (Å²) in [4.78, 5) is 2.59. The fourth-order valence-electron chi connectivity index (χ4n) is 11.4. The summed E-state index contributed by atoms with van der Waals surface area (Å²) in [5, 5.41) is 0. The first-order valence-corrected chi connectivity index (χ1v) is 22.4. The maximum atomic E-state index is 2.59. The first-order chi connectivity index (χ1) is 29.7. The van der Waals surface area contributed by atoms with Gasteiger partial charge in [0.2, 0.25) is 0 Å². The predicted octanol–water partition coefficient (Wildman–Crippen LogP) is 16.4. The third-order valence-corrected chi connectivity index (χ3v) is 14.4. The molecule has 11 rings (SSSR count). The monoisotopic (exact) mass is 801 g/mol. The molecule has 0 aromatic heterocycles. The number of para-hydroxylation sites is 1. The van der Waals surface area contributed by atoms with Crippen molar-refractivity contribution in [2.45, 2.75) is 84.0 Å². The van der Waals surface area contributed by atoms with Crippen molar-refractivity contribution in [3.63, 3.8) is 0 Å². The van der Waals surface area contributed by atoms with Gasteiger partial charge in [-0.15, -0.1) is 0 Å². The van der Waals surface area contributed by atoms with E-state index in [1.54, 1.807) is 0 Å². The molecular weight excluding hydrogens is 747 g/mol. The van der Waals surface area contributed by atoms with Crippen molar-refractivity contribution in [2.75, 3.05) is 4.90 Å². The van der Waals surface area contributed by atoms with Crippen LogP contribution in [0.25, 0.3) is 44.5 Å². The number of nitrogens with zero attached hydrogens (tertiary/aromatic N) is 1. The highest BCUT2D eigenvalue weighted by atomic mass is 15.1. The molecule has 0 N–H and O–H groups in total. The molecule has 0 unspecified atom stereocenters. The molecule has 0 atom stereocenters. The van der Waals surface area contributed by atoms with Gasteiger partial charge >= 0.3 is 0 Å². The van der Waals surface area contributed by atoms with Crippen LogP contribution in [-0.4, -0.2) is 0 Å². The quantitative estimate of drug-likeness (QED) is 0.171. The van der Waals surface area contributed by atoms with Crippen LogP contribution in [0.4, 0.5) is 17.1 Å². The summed E-state index contributed by atoms with van der Waals surface area (Å²) in [6.45, 7) is 21.1. The maximum absolute atomic E-state index is 2.59. The number of hydrogen-bond donors (Lipinski definition) is 0. The molecule has 1 nitrogen and oxygen atoms in total. The summed E-state index contributed by atoms with van der Waals surface area (Å²) in [6.07, 6.45) is 0. The Morgan fingerprint density at radius 1 is 0.387 bits per heavy atom. The first kappa shape index (κ1) is 38.5. The third-order valence-electron chi connectivity index (χ3n) is 14.4. The zero-order valence-electron chi connectivity index (χ0n) is 37.6. The number of anilines is 3. The minimum absolute atomic E-state index is 0.0151. The van der Waals surface area contributed by atoms with E-state index in [9.17, 15) is 0 Å². The molecule has 0 amide bonds. The van der Waals surface area contributed by atoms with Crippen LogP contribution >= 0.6 is 0 Å². The average Bonchev–Trinajstić information content (AvgIpc) is 3.81. The van der Waals surface area contributed by atoms with Crippen LogP contribution in [0.5, 0.6) is 0 Å². The summed E-state index contributed by atoms with van der Waals surface area (Å²) < 4.78 is 0. The molecule has 8 aromatic carbocycles. The Bertz CT molecular complexity index is 3080. The van der Waals surface area contributed by atoms with Crippen molar-refractivity contribution < 1.29 is 0 Å². The van der Waals surface area contributed by atoms with Gasteiger partial charge in [-0.05, 0) is 125 Å². The number of benzene rings is 8. The summed E-state index contributed by atoms with van der Waals surface area (Å²) in [7, 11) is 0. The van der Waals surface area contributed by atoms with Crippen molar-refractivity contribution in [2.24, 2.45) is 0 Å². The molecule has 8 aromatic rings. The van der Waals surface area contributed by atoms with E-state index in [2.05, 4.69) is 237 Å². The van der Waals surface area contributed by atoms with E-state index in [4.69, 9.17) is 0 Å². The highest BCUT2D eigenvalue weighted by Crippen LogP contribution is 2.64. The van der Waals surface area contributed by atoms with E-state index in [0.717, 1.165) is 5.69 Å². The third kappa shape index (κ3) is 5.40. The molecule has 3 aliphatic rings. The number of rotatable bonds is 4. The van der Waals surface area contributed by atoms with Gasteiger partial charge in [-0.25, -0.2) is 0 Å². The van der Waals surface area contributed by atoms with Crippen LogP contribution < -0.4 is 4.90 Å². The van der Waals surface area contributed by atoms with Crippen molar-refractivity contribution in [1.29, 1.82) is 0 Å². The highest BCUT2D eigenvalue weighted by molar-refractivity contribution is 5.99. The molecule has 0 bridgehead atoms. The molecule has 0 fully saturated rings. The van der Waals surface area contributed by atoms with E-state index in [0.29, 0.717) is 0 Å². The molecule has 1 spiro atoms. The minimum Gasteiger partial charge on any atom is -0.310 e. The molecular formula is C61H55N. The predicted molar refractivity (Wildman–Crippen MR) is 263 cm³/mol. The molecule has 0 aliphatic heterocycles. The van der Waals surface area contributed by atoms with Gasteiger partial charge in [0.25, 0.3) is 0 Å². The van der Waals surface area contributed by atoms with E-state index >= 15 is 0 Å². The van der Waals surface area contributed by atoms with Gasteiger partial charge in [-0.1, -0.05) is 207 Å². The average molecular weight is 802 g/mol. The largest absolute Gasteiger partial charge is 0.310 e. The van der Waals surface area contributed by atoms with Crippen LogP contribution in [-0.2, 0) is 21.7 Å². The van der Waals surface area contributed by atoms with Gasteiger partial charge in [-0.3, -0.25) is 0 Å². The minimum atomic E-state index is -0.509. The maximum Gasteiger partial charge on any atom is 0.0726 e. The van der Waals surface area contributed by atoms with Crippen molar-refractivity contribution >= 4 is 17.1 Å². The molecule has 0 saturated carbocycles. The molecule has 0 heterocycles. The van der Waals surface area contributed by atoms with Crippen LogP contribution in [0, 0.1) is 6.92 Å². The Kier molecular flexibility index (Phi) is 8.24. The Balaban J connectivity index is 1.25. The van der Waals surface area contributed by atoms with E-state index in [-0.39, 0.29) is 16.2 Å². The summed E-state index contributed by atoms with van der Waals surface area (Å²) in [6, 6.07) is 65.3. The molecule has 0 radical (unpaired) electrons. The summed E-state index contributed by atoms with van der Waals surface area (Å²) >= 11 is 0. The zero-order chi connectivity index (χ0) is 42.9. The fourth-order valence-corrected chi connectivity index (χ4v) is 11.4. The van der Waals surface area contributed by atoms with Gasteiger partial charge in [0.15, 0.2) is 0 Å². The van der Waals surface area contributed by atoms with Crippen molar-refractivity contribution in [3.8, 4) is 44.5 Å². The van der Waals surface area contributed by atoms with Crippen molar-refractivity contribution in [1.82, 2.24) is 0 Å². The number of hydrogen-bond acceptors (Lipinski definition) is 1. The van der Waals surface area contributed by atoms with E-state index in [1.165, 1.54) is 106 Å². The van der Waals surface area contributed by atoms with Crippen LogP contribution in [0.2, 0.25) is 0 Å². The standard InChI is InChI=1S/C61H55N/c1-38-18-16-19-39(34-38)43-20-12-15-26-55(43)62(56-27-17-23-49-45-22-10-13-24-50(45)60(8,9)57(49)56)42-30-33-48-44-21-11-14-25-51(44)61(54(48)37-42)52-35-40(58(2,3)4)28-31-46(52)47-32-29-41(36-53(47)61)59(5,6)7/h10-37H,1-9H3. The SMILES string of the molecule is Cc1cccc(-c2ccccc2N(c2ccc3c(c2)C2(c4ccccc4-3)c3cc(C(C)(C)C)ccc3-c3ccc(C(C)(C)C)cc32)c2cccc3c2C(C)(C)c2ccccc2-3)c1. The van der Waals surface area contributed by atoms with E-state index < -0.39 is 5.41 Å². The van der Waals surface area contributed by atoms with Crippen LogP contribution in [0.1, 0.15) is 105 Å². The second-order valence-electron chi connectivity index (χ2n) is 20.6. The lowest BCUT2D eigenvalue weighted by atomic mass is 9.68. The fraction of sp³-hybridized carbons (Fsp3) is 0.213. The van der Waals surface area contributed by atoms with Gasteiger partial charge in [-0.2, -0.15) is 0 Å². The topological polar surface area (TPSA) is 3.24 Å². The lowest BCUT2D eigenvalue weighted by Crippen LogP contribution is -2.28. The molecule has 62 heavy (non-hydrogen) atoms. The van der Waals surface area contributed by atoms with Crippen molar-refractivity contribution in [3.05, 3.63) is 220 Å². The smallest absolute Gasteiger partial charge is 0.0726 e. The Hall–Kier alpha value is -6.44. The second-order valence-corrected chi connectivity index (χ2v) is 20.6. The lowest BCUT2D eigenvalue weighted by molar-refractivity contribution is 0.586. The van der Waals surface area contributed by atoms with Gasteiger partial charge < -0.3 is 4.90 Å². The van der Waals surface area contributed by atoms with E-state index in [1.807, 2.05) is 0 Å². The Morgan fingerprint density at radius 3 is 1.50 bits per heavy atom. The second kappa shape index (κ2) is 13.3. The van der Waals surface area contributed by atoms with Gasteiger partial charge in [0.1, 0.15) is 0 Å². The normalized spacial score (nSPS) is 14.8. The van der Waals surface area contributed by atoms with Gasteiger partial charge in [0, 0.05) is 16.7 Å². The van der Waals surface area contributed by atoms with Gasteiger partial charge in [0.05, 0.1) is 16.8 Å². The molecule has 3 aliphatic carbocycles. The van der Waals surface area contributed by atoms with Crippen LogP contribution in [0.15, 0.2) is 170 Å². The first-order valence-electron chi connectivity index (χ1n) is 22.4. The lowest BCUT2D eigenvalue weighted by Gasteiger charge is -2.35.